The molecule has 1 aromatic heterocycles. The lowest BCUT2D eigenvalue weighted by atomic mass is 9.86. The Morgan fingerprint density at radius 2 is 1.66 bits per heavy atom. The highest BCUT2D eigenvalue weighted by atomic mass is 16.5. The normalized spacial score (nSPS) is 12.7. The molecule has 3 rings (SSSR count). The number of nitrogens with zero attached hydrogens (tertiary/aromatic N) is 2. The number of amides is 1. The van der Waals surface area contributed by atoms with Crippen molar-refractivity contribution in [3.05, 3.63) is 77.0 Å². The van der Waals surface area contributed by atoms with Crippen molar-refractivity contribution in [3.8, 4) is 11.3 Å². The van der Waals surface area contributed by atoms with E-state index in [4.69, 9.17) is 4.52 Å². The Morgan fingerprint density at radius 3 is 2.22 bits per heavy atom. The summed E-state index contributed by atoms with van der Waals surface area (Å²) in [5.41, 5.74) is 4.98. The molecule has 1 heterocycles. The van der Waals surface area contributed by atoms with Crippen LogP contribution in [0.4, 0.5) is 0 Å². The molecule has 5 heteroatoms. The van der Waals surface area contributed by atoms with Gasteiger partial charge in [-0.15, -0.1) is 0 Å². The standard InChI is InChI=1S/C27H35N3O2/c1-7-30(8-2)24(20-13-15-22(16-14-20)27(4,5)6)18-28-26(31)23-17-25(32-29-23)21-11-9-19(3)10-12-21/h9-17,24H,7-8,18H2,1-6H3,(H,28,31). The van der Waals surface area contributed by atoms with Crippen molar-refractivity contribution in [2.45, 2.75) is 53.0 Å². The molecule has 5 nitrogen and oxygen atoms in total. The maximum absolute atomic E-state index is 12.8. The topological polar surface area (TPSA) is 58.4 Å². The number of hydrogen-bond acceptors (Lipinski definition) is 4. The van der Waals surface area contributed by atoms with Gasteiger partial charge in [0, 0.05) is 18.2 Å². The maximum atomic E-state index is 12.8. The number of aromatic nitrogens is 1. The lowest BCUT2D eigenvalue weighted by Crippen LogP contribution is -2.38. The second-order valence-electron chi connectivity index (χ2n) is 9.26. The van der Waals surface area contributed by atoms with E-state index in [1.54, 1.807) is 6.07 Å². The molecule has 1 unspecified atom stereocenters. The Balaban J connectivity index is 1.73. The minimum absolute atomic E-state index is 0.0893. The van der Waals surface area contributed by atoms with Gasteiger partial charge in [-0.2, -0.15) is 0 Å². The van der Waals surface area contributed by atoms with Gasteiger partial charge in [0.25, 0.3) is 5.91 Å². The molecule has 32 heavy (non-hydrogen) atoms. The second-order valence-corrected chi connectivity index (χ2v) is 9.26. The molecular weight excluding hydrogens is 398 g/mol. The fraction of sp³-hybridized carbons (Fsp3) is 0.407. The van der Waals surface area contributed by atoms with Crippen LogP contribution in [0, 0.1) is 6.92 Å². The summed E-state index contributed by atoms with van der Waals surface area (Å²) in [5, 5.41) is 7.05. The van der Waals surface area contributed by atoms with E-state index in [9.17, 15) is 4.79 Å². The van der Waals surface area contributed by atoms with Gasteiger partial charge in [0.1, 0.15) is 0 Å². The Morgan fingerprint density at radius 1 is 1.03 bits per heavy atom. The first-order valence-corrected chi connectivity index (χ1v) is 11.4. The first-order chi connectivity index (χ1) is 15.2. The fourth-order valence-corrected chi connectivity index (χ4v) is 3.84. The lowest BCUT2D eigenvalue weighted by molar-refractivity contribution is 0.0926. The maximum Gasteiger partial charge on any atom is 0.273 e. The van der Waals surface area contributed by atoms with Crippen molar-refractivity contribution in [1.29, 1.82) is 0 Å². The number of carbonyl (C=O) groups excluding carboxylic acids is 1. The molecule has 0 aliphatic carbocycles. The molecule has 0 bridgehead atoms. The lowest BCUT2D eigenvalue weighted by Gasteiger charge is -2.31. The highest BCUT2D eigenvalue weighted by molar-refractivity contribution is 5.93. The van der Waals surface area contributed by atoms with Crippen LogP contribution in [-0.4, -0.2) is 35.6 Å². The van der Waals surface area contributed by atoms with Crippen molar-refractivity contribution in [3.63, 3.8) is 0 Å². The summed E-state index contributed by atoms with van der Waals surface area (Å²) >= 11 is 0. The third-order valence-corrected chi connectivity index (χ3v) is 5.95. The quantitative estimate of drug-likeness (QED) is 0.491. The van der Waals surface area contributed by atoms with Crippen LogP contribution in [0.2, 0.25) is 0 Å². The molecule has 0 radical (unpaired) electrons. The van der Waals surface area contributed by atoms with Crippen LogP contribution in [0.5, 0.6) is 0 Å². The molecule has 170 valence electrons. The first-order valence-electron chi connectivity index (χ1n) is 11.4. The fourth-order valence-electron chi connectivity index (χ4n) is 3.84. The zero-order valence-electron chi connectivity index (χ0n) is 20.1. The van der Waals surface area contributed by atoms with Crippen molar-refractivity contribution in [1.82, 2.24) is 15.4 Å². The summed E-state index contributed by atoms with van der Waals surface area (Å²) in [7, 11) is 0. The summed E-state index contributed by atoms with van der Waals surface area (Å²) in [6.45, 7) is 15.3. The SMILES string of the molecule is CCN(CC)C(CNC(=O)c1cc(-c2ccc(C)cc2)on1)c1ccc(C(C)(C)C)cc1. The number of carbonyl (C=O) groups is 1. The summed E-state index contributed by atoms with van der Waals surface area (Å²) in [6, 6.07) is 18.5. The van der Waals surface area contributed by atoms with Gasteiger partial charge in [0.2, 0.25) is 0 Å². The van der Waals surface area contributed by atoms with Gasteiger partial charge >= 0.3 is 0 Å². The van der Waals surface area contributed by atoms with Crippen LogP contribution in [-0.2, 0) is 5.41 Å². The molecular formula is C27H35N3O2. The van der Waals surface area contributed by atoms with Crippen LogP contribution in [0.3, 0.4) is 0 Å². The van der Waals surface area contributed by atoms with E-state index in [-0.39, 0.29) is 17.4 Å². The number of aryl methyl sites for hydroxylation is 1. The van der Waals surface area contributed by atoms with Gasteiger partial charge < -0.3 is 9.84 Å². The highest BCUT2D eigenvalue weighted by Gasteiger charge is 2.22. The second kappa shape index (κ2) is 10.1. The zero-order valence-corrected chi connectivity index (χ0v) is 20.1. The molecule has 3 aromatic rings. The number of hydrogen-bond donors (Lipinski definition) is 1. The minimum Gasteiger partial charge on any atom is -0.355 e. The summed E-state index contributed by atoms with van der Waals surface area (Å²) in [4.78, 5) is 15.2. The number of likely N-dealkylation sites (N-methyl/N-ethyl adjacent to an activating group) is 1. The van der Waals surface area contributed by atoms with Gasteiger partial charge in [0.05, 0.1) is 6.04 Å². The van der Waals surface area contributed by atoms with Gasteiger partial charge in [-0.25, -0.2) is 0 Å². The van der Waals surface area contributed by atoms with Crippen LogP contribution in [0.15, 0.2) is 59.1 Å². The molecule has 0 saturated carbocycles. The number of nitrogens with one attached hydrogen (secondary N) is 1. The molecule has 2 aromatic carbocycles. The third kappa shape index (κ3) is 5.65. The Labute approximate surface area is 191 Å². The molecule has 1 N–H and O–H groups in total. The molecule has 0 aliphatic heterocycles. The average Bonchev–Trinajstić information content (AvgIpc) is 3.27. The molecule has 1 amide bonds. The van der Waals surface area contributed by atoms with E-state index in [1.165, 1.54) is 16.7 Å². The Kier molecular flexibility index (Phi) is 7.52. The monoisotopic (exact) mass is 433 g/mol. The summed E-state index contributed by atoms with van der Waals surface area (Å²) in [5.74, 6) is 0.365. The number of benzene rings is 2. The van der Waals surface area contributed by atoms with E-state index in [0.717, 1.165) is 18.7 Å². The van der Waals surface area contributed by atoms with Gasteiger partial charge in [-0.05, 0) is 36.6 Å². The van der Waals surface area contributed by atoms with Crippen LogP contribution in [0.1, 0.15) is 67.8 Å². The minimum atomic E-state index is -0.226. The van der Waals surface area contributed by atoms with E-state index in [0.29, 0.717) is 18.0 Å². The molecule has 0 fully saturated rings. The van der Waals surface area contributed by atoms with Crippen LogP contribution in [0.25, 0.3) is 11.3 Å². The predicted octanol–water partition coefficient (Wildman–Crippen LogP) is 5.76. The van der Waals surface area contributed by atoms with E-state index >= 15 is 0 Å². The first kappa shape index (κ1) is 23.7. The van der Waals surface area contributed by atoms with Gasteiger partial charge in [-0.3, -0.25) is 9.69 Å². The van der Waals surface area contributed by atoms with E-state index in [2.05, 4.69) is 74.3 Å². The van der Waals surface area contributed by atoms with Crippen LogP contribution < -0.4 is 5.32 Å². The van der Waals surface area contributed by atoms with Crippen molar-refractivity contribution < 1.29 is 9.32 Å². The molecule has 0 saturated heterocycles. The molecule has 1 atom stereocenters. The van der Waals surface area contributed by atoms with Crippen molar-refractivity contribution >= 4 is 5.91 Å². The Bertz CT molecular complexity index is 1010. The zero-order chi connectivity index (χ0) is 23.3. The van der Waals surface area contributed by atoms with Gasteiger partial charge in [0.15, 0.2) is 11.5 Å². The largest absolute Gasteiger partial charge is 0.355 e. The van der Waals surface area contributed by atoms with Crippen molar-refractivity contribution in [2.75, 3.05) is 19.6 Å². The highest BCUT2D eigenvalue weighted by Crippen LogP contribution is 2.26. The Hall–Kier alpha value is -2.92. The van der Waals surface area contributed by atoms with E-state index in [1.807, 2.05) is 31.2 Å². The summed E-state index contributed by atoms with van der Waals surface area (Å²) < 4.78 is 5.42. The van der Waals surface area contributed by atoms with Gasteiger partial charge in [-0.1, -0.05) is 93.9 Å². The average molecular weight is 434 g/mol. The molecule has 0 spiro atoms. The van der Waals surface area contributed by atoms with E-state index < -0.39 is 0 Å². The summed E-state index contributed by atoms with van der Waals surface area (Å²) in [6.07, 6.45) is 0. The predicted molar refractivity (Wildman–Crippen MR) is 130 cm³/mol. The smallest absolute Gasteiger partial charge is 0.273 e. The third-order valence-electron chi connectivity index (χ3n) is 5.95. The molecule has 0 aliphatic rings. The van der Waals surface area contributed by atoms with Crippen LogP contribution >= 0.6 is 0 Å². The number of rotatable bonds is 8. The van der Waals surface area contributed by atoms with Crippen molar-refractivity contribution in [2.24, 2.45) is 0 Å².